The Labute approximate surface area is 211 Å². The topological polar surface area (TPSA) is 9.23 Å². The summed E-state index contributed by atoms with van der Waals surface area (Å²) in [4.78, 5) is 0. The zero-order chi connectivity index (χ0) is 35.0. The highest BCUT2D eigenvalue weighted by Crippen LogP contribution is 2.67. The fourth-order valence-electron chi connectivity index (χ4n) is 2.43. The second-order valence-corrected chi connectivity index (χ2v) is 7.81. The molecule has 0 unspecified atom stereocenters. The molecule has 0 heterocycles. The zero-order valence-corrected chi connectivity index (χ0v) is 18.5. The third-order valence-corrected chi connectivity index (χ3v) is 5.03. The molecule has 0 aromatic heterocycles. The monoisotopic (exact) mass is 696 g/mol. The van der Waals surface area contributed by atoms with Crippen molar-refractivity contribution in [1.29, 1.82) is 0 Å². The van der Waals surface area contributed by atoms with E-state index in [0.29, 0.717) is 0 Å². The maximum Gasteiger partial charge on any atom is 0.385 e. The van der Waals surface area contributed by atoms with Gasteiger partial charge < -0.3 is 4.74 Å². The first-order valence-corrected chi connectivity index (χ1v) is 9.06. The van der Waals surface area contributed by atoms with Crippen molar-refractivity contribution < 1.29 is 119 Å². The fraction of sp³-hybridized carbons (Fsp3) is 1.00. The first-order valence-electron chi connectivity index (χ1n) is 9.06. The highest BCUT2D eigenvalue weighted by Gasteiger charge is 2.99. The number of alkyl halides is 26. The van der Waals surface area contributed by atoms with Crippen molar-refractivity contribution in [2.24, 2.45) is 0 Å². The molecule has 0 atom stereocenters. The molecule has 0 radical (unpaired) electrons. The van der Waals surface area contributed by atoms with Crippen molar-refractivity contribution in [3.05, 3.63) is 0 Å². The SMILES string of the molecule is COCC(F)(F)C(F)(F)C(F)(F)C(F)(F)C(F)(F)C(F)(F)C(F)(F)C(F)(F)C(F)(F)C(F)(F)C(F)(F)C(F)(F)C(F)F. The van der Waals surface area contributed by atoms with Crippen LogP contribution in [0.25, 0.3) is 0 Å². The second kappa shape index (κ2) is 10.1. The molecule has 0 fully saturated rings. The van der Waals surface area contributed by atoms with Crippen molar-refractivity contribution in [2.45, 2.75) is 77.5 Å². The number of hydrogen-bond donors (Lipinski definition) is 0. The van der Waals surface area contributed by atoms with Gasteiger partial charge in [0, 0.05) is 7.11 Å². The van der Waals surface area contributed by atoms with Gasteiger partial charge in [0.1, 0.15) is 6.61 Å². The maximum atomic E-state index is 13.6. The predicted molar refractivity (Wildman–Crippen MR) is 77.2 cm³/mol. The lowest BCUT2D eigenvalue weighted by atomic mass is 9.84. The third kappa shape index (κ3) is 4.58. The van der Waals surface area contributed by atoms with Crippen LogP contribution in [-0.4, -0.2) is 91.2 Å². The van der Waals surface area contributed by atoms with E-state index in [1.165, 1.54) is 0 Å². The van der Waals surface area contributed by atoms with Crippen LogP contribution in [0.5, 0.6) is 0 Å². The van der Waals surface area contributed by atoms with Crippen LogP contribution in [0.1, 0.15) is 0 Å². The van der Waals surface area contributed by atoms with Gasteiger partial charge in [-0.1, -0.05) is 0 Å². The largest absolute Gasteiger partial charge is 0.385 e. The van der Waals surface area contributed by atoms with Crippen molar-refractivity contribution in [3.8, 4) is 0 Å². The minimum atomic E-state index is -9.66. The molecule has 0 saturated carbocycles. The van der Waals surface area contributed by atoms with Gasteiger partial charge in [0.05, 0.1) is 0 Å². The van der Waals surface area contributed by atoms with E-state index >= 15 is 0 Å². The molecule has 1 nitrogen and oxygen atoms in total. The van der Waals surface area contributed by atoms with E-state index in [2.05, 4.69) is 4.74 Å². The Hall–Kier alpha value is -1.86. The molecule has 42 heavy (non-hydrogen) atoms. The lowest BCUT2D eigenvalue weighted by Crippen LogP contribution is -2.78. The minimum Gasteiger partial charge on any atom is -0.378 e. The van der Waals surface area contributed by atoms with Crippen LogP contribution < -0.4 is 0 Å². The summed E-state index contributed by atoms with van der Waals surface area (Å²) >= 11 is 0. The predicted octanol–water partition coefficient (Wildman–Crippen LogP) is 8.52. The van der Waals surface area contributed by atoms with Gasteiger partial charge in [-0.05, 0) is 0 Å². The van der Waals surface area contributed by atoms with Crippen molar-refractivity contribution >= 4 is 0 Å². The smallest absolute Gasteiger partial charge is 0.378 e. The summed E-state index contributed by atoms with van der Waals surface area (Å²) in [6.45, 7) is -3.21. The summed E-state index contributed by atoms with van der Waals surface area (Å²) < 4.78 is 348. The number of ether oxygens (including phenoxy) is 1. The highest BCUT2D eigenvalue weighted by molar-refractivity contribution is 5.20. The van der Waals surface area contributed by atoms with Gasteiger partial charge in [-0.25, -0.2) is 8.78 Å². The van der Waals surface area contributed by atoms with Gasteiger partial charge >= 0.3 is 77.5 Å². The van der Waals surface area contributed by atoms with E-state index in [4.69, 9.17) is 0 Å². The first-order chi connectivity index (χ1) is 17.8. The summed E-state index contributed by atoms with van der Waals surface area (Å²) in [5, 5.41) is 0. The molecule has 0 aliphatic heterocycles. The van der Waals surface area contributed by atoms with Crippen LogP contribution in [0.3, 0.4) is 0 Å². The zero-order valence-electron chi connectivity index (χ0n) is 18.5. The number of halogens is 26. The van der Waals surface area contributed by atoms with Crippen molar-refractivity contribution in [3.63, 3.8) is 0 Å². The van der Waals surface area contributed by atoms with Gasteiger partial charge in [-0.15, -0.1) is 0 Å². The summed E-state index contributed by atoms with van der Waals surface area (Å²) in [6, 6.07) is 0. The summed E-state index contributed by atoms with van der Waals surface area (Å²) in [7, 11) is -0.123. The van der Waals surface area contributed by atoms with Gasteiger partial charge in [0.2, 0.25) is 0 Å². The molecule has 0 spiro atoms. The van der Waals surface area contributed by atoms with Crippen LogP contribution in [0.4, 0.5) is 114 Å². The number of hydrogen-bond acceptors (Lipinski definition) is 1. The molecular formula is C15H6F26O. The lowest BCUT2D eigenvalue weighted by Gasteiger charge is -2.46. The Morgan fingerprint density at radius 1 is 0.357 bits per heavy atom. The maximum absolute atomic E-state index is 13.6. The molecule has 0 N–H and O–H groups in total. The molecular weight excluding hydrogens is 690 g/mol. The standard InChI is InChI=1S/C15H6F26O/c1-42-2-4(18,19)6(22,23)8(26,27)10(30,31)12(34,35)14(38,39)15(40,41)13(36,37)11(32,33)9(28,29)7(24,25)5(20,21)3(16)17/h3H,2H2,1H3. The molecule has 0 bridgehead atoms. The quantitative estimate of drug-likeness (QED) is 0.166. The first kappa shape index (κ1) is 40.1. The molecule has 254 valence electrons. The fourth-order valence-corrected chi connectivity index (χ4v) is 2.43. The van der Waals surface area contributed by atoms with E-state index in [0.717, 1.165) is 0 Å². The molecule has 0 amide bonds. The van der Waals surface area contributed by atoms with Crippen LogP contribution in [0.15, 0.2) is 0 Å². The van der Waals surface area contributed by atoms with E-state index in [9.17, 15) is 114 Å². The van der Waals surface area contributed by atoms with Crippen molar-refractivity contribution in [1.82, 2.24) is 0 Å². The third-order valence-electron chi connectivity index (χ3n) is 5.03. The molecule has 0 aliphatic carbocycles. The van der Waals surface area contributed by atoms with E-state index < -0.39 is 84.1 Å². The molecule has 27 heteroatoms. The van der Waals surface area contributed by atoms with Crippen LogP contribution in [-0.2, 0) is 4.74 Å². The molecule has 0 saturated heterocycles. The van der Waals surface area contributed by atoms with Crippen LogP contribution >= 0.6 is 0 Å². The molecule has 0 aromatic carbocycles. The number of methoxy groups -OCH3 is 1. The molecule has 0 aromatic rings. The Morgan fingerprint density at radius 3 is 0.738 bits per heavy atom. The Morgan fingerprint density at radius 2 is 0.548 bits per heavy atom. The molecule has 0 rings (SSSR count). The average Bonchev–Trinajstić information content (AvgIpc) is 2.77. The van der Waals surface area contributed by atoms with Crippen molar-refractivity contribution in [2.75, 3.05) is 13.7 Å². The summed E-state index contributed by atoms with van der Waals surface area (Å²) in [6.07, 6.45) is -6.31. The summed E-state index contributed by atoms with van der Waals surface area (Å²) in [5.41, 5.74) is 0. The molecule has 0 aliphatic rings. The minimum absolute atomic E-state index is 0.123. The van der Waals surface area contributed by atoms with E-state index in [1.54, 1.807) is 0 Å². The van der Waals surface area contributed by atoms with E-state index in [1.807, 2.05) is 0 Å². The summed E-state index contributed by atoms with van der Waals surface area (Å²) in [5.74, 6) is -107. The Kier molecular flexibility index (Phi) is 9.64. The average molecular weight is 696 g/mol. The second-order valence-electron chi connectivity index (χ2n) is 7.81. The lowest BCUT2D eigenvalue weighted by molar-refractivity contribution is -0.480. The van der Waals surface area contributed by atoms with Gasteiger partial charge in [0.25, 0.3) is 0 Å². The Balaban J connectivity index is 7.37. The highest BCUT2D eigenvalue weighted by atomic mass is 19.4. The van der Waals surface area contributed by atoms with Gasteiger partial charge in [0.15, 0.2) is 0 Å². The van der Waals surface area contributed by atoms with E-state index in [-0.39, 0.29) is 7.11 Å². The Bertz CT molecular complexity index is 961. The normalized spacial score (nSPS) is 16.9. The number of rotatable bonds is 14. The van der Waals surface area contributed by atoms with Gasteiger partial charge in [-0.3, -0.25) is 0 Å². The van der Waals surface area contributed by atoms with Gasteiger partial charge in [-0.2, -0.15) is 105 Å². The van der Waals surface area contributed by atoms with Crippen LogP contribution in [0.2, 0.25) is 0 Å². The van der Waals surface area contributed by atoms with Crippen LogP contribution in [0, 0.1) is 0 Å².